The summed E-state index contributed by atoms with van der Waals surface area (Å²) in [6.07, 6.45) is -2.26. The minimum absolute atomic E-state index is 0.00682. The number of carbonyl (C=O) groups is 2. The molecule has 184 valence electrons. The van der Waals surface area contributed by atoms with E-state index in [1.165, 1.54) is 6.07 Å². The van der Waals surface area contributed by atoms with Crippen molar-refractivity contribution in [3.63, 3.8) is 0 Å². The van der Waals surface area contributed by atoms with Crippen molar-refractivity contribution >= 4 is 22.0 Å². The lowest BCUT2D eigenvalue weighted by atomic mass is 9.89. The third kappa shape index (κ3) is 5.02. The number of benzene rings is 1. The van der Waals surface area contributed by atoms with Crippen molar-refractivity contribution in [1.82, 2.24) is 19.4 Å². The number of rotatable bonds is 8. The predicted octanol–water partition coefficient (Wildman–Crippen LogP) is 2.86. The lowest BCUT2D eigenvalue weighted by Gasteiger charge is -2.35. The van der Waals surface area contributed by atoms with Gasteiger partial charge in [-0.2, -0.15) is 17.5 Å². The van der Waals surface area contributed by atoms with Crippen LogP contribution in [-0.2, 0) is 21.0 Å². The maximum atomic E-state index is 13.3. The van der Waals surface area contributed by atoms with Crippen LogP contribution in [0.15, 0.2) is 29.2 Å². The zero-order valence-electron chi connectivity index (χ0n) is 18.7. The number of urea groups is 1. The second-order valence-electron chi connectivity index (χ2n) is 8.40. The molecule has 3 rings (SSSR count). The highest BCUT2D eigenvalue weighted by molar-refractivity contribution is 7.89. The van der Waals surface area contributed by atoms with Crippen molar-refractivity contribution < 1.29 is 31.2 Å². The van der Waals surface area contributed by atoms with Gasteiger partial charge in [0.15, 0.2) is 0 Å². The maximum absolute atomic E-state index is 13.3. The number of piperazine rings is 1. The summed E-state index contributed by atoms with van der Waals surface area (Å²) < 4.78 is 66.8. The molecule has 2 fully saturated rings. The van der Waals surface area contributed by atoms with Crippen LogP contribution in [0, 0.1) is 0 Å². The van der Waals surface area contributed by atoms with Gasteiger partial charge in [-0.25, -0.2) is 18.1 Å². The van der Waals surface area contributed by atoms with Crippen LogP contribution < -0.4 is 5.32 Å². The third-order valence-corrected chi connectivity index (χ3v) is 8.04. The summed E-state index contributed by atoms with van der Waals surface area (Å²) in [5.74, 6) is -0.287. The zero-order chi connectivity index (χ0) is 24.4. The summed E-state index contributed by atoms with van der Waals surface area (Å²) in [6.45, 7) is 4.15. The van der Waals surface area contributed by atoms with Gasteiger partial charge in [-0.15, -0.1) is 0 Å². The molecule has 1 aromatic rings. The molecule has 0 atom stereocenters. The van der Waals surface area contributed by atoms with Crippen LogP contribution in [0.2, 0.25) is 0 Å². The molecule has 8 nitrogen and oxygen atoms in total. The summed E-state index contributed by atoms with van der Waals surface area (Å²) in [5, 5.41) is 2.83. The van der Waals surface area contributed by atoms with Gasteiger partial charge in [0, 0.05) is 26.2 Å². The summed E-state index contributed by atoms with van der Waals surface area (Å²) in [5.41, 5.74) is -2.11. The van der Waals surface area contributed by atoms with E-state index in [0.29, 0.717) is 12.8 Å². The summed E-state index contributed by atoms with van der Waals surface area (Å²) >= 11 is 0. The monoisotopic (exact) mass is 490 g/mol. The van der Waals surface area contributed by atoms with Crippen LogP contribution in [0.3, 0.4) is 0 Å². The third-order valence-electron chi connectivity index (χ3n) is 6.08. The molecule has 33 heavy (non-hydrogen) atoms. The minimum Gasteiger partial charge on any atom is -0.323 e. The molecule has 2 aliphatic heterocycles. The van der Waals surface area contributed by atoms with E-state index in [-0.39, 0.29) is 38.8 Å². The van der Waals surface area contributed by atoms with E-state index in [1.54, 1.807) is 4.90 Å². The Morgan fingerprint density at radius 1 is 1.00 bits per heavy atom. The molecule has 2 aliphatic rings. The molecule has 2 heterocycles. The highest BCUT2D eigenvalue weighted by atomic mass is 32.2. The number of carbonyl (C=O) groups excluding carboxylic acids is 2. The number of hydrogen-bond acceptors (Lipinski definition) is 5. The quantitative estimate of drug-likeness (QED) is 0.566. The van der Waals surface area contributed by atoms with Crippen molar-refractivity contribution in [2.75, 3.05) is 32.8 Å². The van der Waals surface area contributed by atoms with E-state index < -0.39 is 38.2 Å². The van der Waals surface area contributed by atoms with Crippen molar-refractivity contribution in [3.8, 4) is 0 Å². The van der Waals surface area contributed by atoms with Gasteiger partial charge in [0.2, 0.25) is 10.0 Å². The van der Waals surface area contributed by atoms with Crippen LogP contribution in [0.25, 0.3) is 0 Å². The number of nitrogens with one attached hydrogen (secondary N) is 1. The van der Waals surface area contributed by atoms with Crippen molar-refractivity contribution in [2.45, 2.75) is 56.1 Å². The fraction of sp³-hybridized carbons (Fsp3) is 0.619. The van der Waals surface area contributed by atoms with E-state index in [4.69, 9.17) is 0 Å². The molecule has 1 aromatic carbocycles. The Morgan fingerprint density at radius 3 is 2.12 bits per heavy atom. The van der Waals surface area contributed by atoms with Gasteiger partial charge >= 0.3 is 12.2 Å². The molecule has 12 heteroatoms. The molecule has 0 radical (unpaired) electrons. The van der Waals surface area contributed by atoms with Gasteiger partial charge in [-0.3, -0.25) is 9.69 Å². The van der Waals surface area contributed by atoms with Gasteiger partial charge in [-0.05, 0) is 25.0 Å². The summed E-state index contributed by atoms with van der Waals surface area (Å²) in [6, 6.07) is 3.64. The Labute approximate surface area is 191 Å². The van der Waals surface area contributed by atoms with Gasteiger partial charge in [0.25, 0.3) is 5.91 Å². The van der Waals surface area contributed by atoms with E-state index in [0.717, 1.165) is 40.2 Å². The summed E-state index contributed by atoms with van der Waals surface area (Å²) in [4.78, 5) is 27.7. The molecular weight excluding hydrogens is 461 g/mol. The second kappa shape index (κ2) is 9.59. The van der Waals surface area contributed by atoms with Crippen LogP contribution in [0.5, 0.6) is 0 Å². The second-order valence-corrected chi connectivity index (χ2v) is 10.3. The Bertz CT molecular complexity index is 985. The highest BCUT2D eigenvalue weighted by Crippen LogP contribution is 2.35. The van der Waals surface area contributed by atoms with E-state index in [2.05, 4.69) is 5.32 Å². The molecule has 3 amide bonds. The van der Waals surface area contributed by atoms with Crippen LogP contribution in [-0.4, -0.2) is 72.8 Å². The molecule has 0 saturated carbocycles. The number of alkyl halides is 3. The predicted molar refractivity (Wildman–Crippen MR) is 115 cm³/mol. The number of halogens is 3. The van der Waals surface area contributed by atoms with E-state index in [1.807, 2.05) is 13.8 Å². The van der Waals surface area contributed by atoms with Crippen LogP contribution >= 0.6 is 0 Å². The Kier molecular flexibility index (Phi) is 7.39. The first kappa shape index (κ1) is 25.4. The number of imide groups is 1. The molecule has 0 unspecified atom stereocenters. The topological polar surface area (TPSA) is 90.0 Å². The number of sulfonamides is 1. The first-order chi connectivity index (χ1) is 15.5. The van der Waals surface area contributed by atoms with Gasteiger partial charge in [0.1, 0.15) is 5.54 Å². The average molecular weight is 491 g/mol. The number of hydrogen-bond donors (Lipinski definition) is 1. The first-order valence-corrected chi connectivity index (χ1v) is 12.4. The van der Waals surface area contributed by atoms with E-state index in [9.17, 15) is 31.2 Å². The SMILES string of the molecule is CCCC1(CCC)NC(=O)N(CN2CCN(S(=O)(=O)c3ccccc3C(F)(F)F)CC2)C1=O. The zero-order valence-corrected chi connectivity index (χ0v) is 19.5. The molecule has 0 aliphatic carbocycles. The van der Waals surface area contributed by atoms with Gasteiger partial charge < -0.3 is 5.32 Å². The number of amides is 3. The highest BCUT2D eigenvalue weighted by Gasteiger charge is 2.50. The molecular formula is C21H29F3N4O4S. The molecule has 0 spiro atoms. The van der Waals surface area contributed by atoms with Crippen molar-refractivity contribution in [3.05, 3.63) is 29.8 Å². The van der Waals surface area contributed by atoms with E-state index >= 15 is 0 Å². The lowest BCUT2D eigenvalue weighted by molar-refractivity contribution is -0.140. The lowest BCUT2D eigenvalue weighted by Crippen LogP contribution is -2.53. The largest absolute Gasteiger partial charge is 0.417 e. The molecule has 1 N–H and O–H groups in total. The Morgan fingerprint density at radius 2 is 1.58 bits per heavy atom. The van der Waals surface area contributed by atoms with Gasteiger partial charge in [0.05, 0.1) is 17.1 Å². The molecule has 0 aromatic heterocycles. The maximum Gasteiger partial charge on any atom is 0.417 e. The summed E-state index contributed by atoms with van der Waals surface area (Å²) in [7, 11) is -4.35. The molecule has 0 bridgehead atoms. The normalized spacial score (nSPS) is 20.3. The fourth-order valence-corrected chi connectivity index (χ4v) is 6.13. The minimum atomic E-state index is -4.79. The van der Waals surface area contributed by atoms with Gasteiger partial charge in [-0.1, -0.05) is 38.8 Å². The Balaban J connectivity index is 1.69. The van der Waals surface area contributed by atoms with Crippen LogP contribution in [0.1, 0.15) is 45.1 Å². The first-order valence-electron chi connectivity index (χ1n) is 11.0. The standard InChI is InChI=1S/C21H29F3N4O4S/c1-3-9-20(10-4-2)18(29)28(19(30)25-20)15-26-11-13-27(14-12-26)33(31,32)17-8-6-5-7-16(17)21(22,23)24/h5-8H,3-4,9-15H2,1-2H3,(H,25,30). The number of nitrogens with zero attached hydrogens (tertiary/aromatic N) is 3. The van der Waals surface area contributed by atoms with Crippen LogP contribution in [0.4, 0.5) is 18.0 Å². The molecule has 2 saturated heterocycles. The average Bonchev–Trinajstić information content (AvgIpc) is 2.98. The van der Waals surface area contributed by atoms with Crippen molar-refractivity contribution in [2.24, 2.45) is 0 Å². The van der Waals surface area contributed by atoms with Crippen molar-refractivity contribution in [1.29, 1.82) is 0 Å². The fourth-order valence-electron chi connectivity index (χ4n) is 4.50. The smallest absolute Gasteiger partial charge is 0.323 e. The Hall–Kier alpha value is -2.18.